The van der Waals surface area contributed by atoms with E-state index in [9.17, 15) is 26.8 Å². The molecule has 4 heterocycles. The highest BCUT2D eigenvalue weighted by Gasteiger charge is 2.29. The summed E-state index contributed by atoms with van der Waals surface area (Å²) in [6.45, 7) is 2.46. The number of carbonyl (C=O) groups excluding carboxylic acids is 2. The number of nitrogens with two attached hydrogens (primary N) is 2. The van der Waals surface area contributed by atoms with Crippen LogP contribution < -0.4 is 36.9 Å². The molecule has 2 aliphatic heterocycles. The highest BCUT2D eigenvalue weighted by Crippen LogP contribution is 2.26. The van der Waals surface area contributed by atoms with E-state index in [0.717, 1.165) is 37.9 Å². The molecule has 4 aromatic rings. The summed E-state index contributed by atoms with van der Waals surface area (Å²) in [6, 6.07) is 7.38. The van der Waals surface area contributed by atoms with Crippen LogP contribution in [0.25, 0.3) is 0 Å². The normalized spacial score (nSPS) is 17.2. The molecule has 6 rings (SSSR count). The fraction of sp³-hybridized carbons (Fsp3) is 0.333. The van der Waals surface area contributed by atoms with E-state index in [0.29, 0.717) is 25.5 Å². The number of ketones is 2. The van der Waals surface area contributed by atoms with Gasteiger partial charge in [-0.3, -0.25) is 9.59 Å². The summed E-state index contributed by atoms with van der Waals surface area (Å²) >= 11 is 0. The maximum absolute atomic E-state index is 13.5. The minimum absolute atomic E-state index is 0.0121. The Bertz CT molecular complexity index is 2070. The van der Waals surface area contributed by atoms with Crippen LogP contribution in [0.4, 0.5) is 32.3 Å². The number of carbonyl (C=O) groups is 2. The molecule has 0 amide bonds. The average molecular weight is 741 g/mol. The number of ether oxygens (including phenoxy) is 2. The van der Waals surface area contributed by atoms with Gasteiger partial charge in [0, 0.05) is 44.1 Å². The number of methoxy groups -OCH3 is 2. The van der Waals surface area contributed by atoms with Gasteiger partial charge in [0.05, 0.1) is 42.7 Å². The van der Waals surface area contributed by atoms with Gasteiger partial charge in [-0.25, -0.2) is 31.5 Å². The minimum Gasteiger partial charge on any atom is -0.496 e. The topological polar surface area (TPSA) is 230 Å². The van der Waals surface area contributed by atoms with E-state index in [-0.39, 0.29) is 63.4 Å². The van der Waals surface area contributed by atoms with E-state index in [2.05, 4.69) is 35.9 Å². The molecule has 2 aromatic heterocycles. The Morgan fingerprint density at radius 3 is 1.73 bits per heavy atom. The van der Waals surface area contributed by atoms with Crippen molar-refractivity contribution in [2.75, 3.05) is 68.8 Å². The molecule has 2 fully saturated rings. The molecule has 0 spiro atoms. The second-order valence-corrected chi connectivity index (χ2v) is 13.9. The van der Waals surface area contributed by atoms with E-state index < -0.39 is 33.2 Å². The van der Waals surface area contributed by atoms with Crippen LogP contribution in [0.1, 0.15) is 44.7 Å². The second-order valence-electron chi connectivity index (χ2n) is 11.9. The molecule has 0 bridgehead atoms. The zero-order chi connectivity index (χ0) is 37.6. The first kappa shape index (κ1) is 37.7. The van der Waals surface area contributed by atoms with Crippen molar-refractivity contribution >= 4 is 45.1 Å². The predicted octanol–water partition coefficient (Wildman–Crippen LogP) is 2.09. The van der Waals surface area contributed by atoms with Gasteiger partial charge in [0.2, 0.25) is 33.5 Å². The molecular formula is C33H38F2N10O6S. The molecule has 7 N–H and O–H groups in total. The van der Waals surface area contributed by atoms with E-state index in [4.69, 9.17) is 20.9 Å². The van der Waals surface area contributed by atoms with Gasteiger partial charge in [-0.2, -0.15) is 9.97 Å². The Morgan fingerprint density at radius 1 is 0.827 bits per heavy atom. The highest BCUT2D eigenvalue weighted by atomic mass is 32.2. The van der Waals surface area contributed by atoms with Crippen LogP contribution in [0, 0.1) is 11.6 Å². The van der Waals surface area contributed by atoms with E-state index >= 15 is 0 Å². The van der Waals surface area contributed by atoms with Crippen molar-refractivity contribution in [2.45, 2.75) is 24.9 Å². The maximum Gasteiger partial charge on any atom is 0.224 e. The Kier molecular flexibility index (Phi) is 11.8. The molecule has 0 saturated carbocycles. The molecule has 0 aliphatic carbocycles. The van der Waals surface area contributed by atoms with Gasteiger partial charge in [-0.15, -0.1) is 0 Å². The molecule has 52 heavy (non-hydrogen) atoms. The number of nitrogens with one attached hydrogen (secondary N) is 3. The van der Waals surface area contributed by atoms with Gasteiger partial charge in [-0.1, -0.05) is 0 Å². The van der Waals surface area contributed by atoms with Gasteiger partial charge in [-0.05, 0) is 55.8 Å². The number of nitrogens with zero attached hydrogens (tertiary/aromatic N) is 5. The quantitative estimate of drug-likeness (QED) is 0.139. The fourth-order valence-corrected chi connectivity index (χ4v) is 6.46. The van der Waals surface area contributed by atoms with Crippen LogP contribution >= 0.6 is 0 Å². The van der Waals surface area contributed by atoms with Crippen LogP contribution in [0.3, 0.4) is 0 Å². The van der Waals surface area contributed by atoms with E-state index in [1.54, 1.807) is 0 Å². The summed E-state index contributed by atoms with van der Waals surface area (Å²) in [7, 11) is -0.471. The molecule has 0 radical (unpaired) electrons. The predicted molar refractivity (Wildman–Crippen MR) is 189 cm³/mol. The van der Waals surface area contributed by atoms with Gasteiger partial charge in [0.25, 0.3) is 0 Å². The number of halogens is 2. The molecular weight excluding hydrogens is 702 g/mol. The summed E-state index contributed by atoms with van der Waals surface area (Å²) in [4.78, 5) is 41.8. The first-order valence-corrected chi connectivity index (χ1v) is 17.8. The van der Waals surface area contributed by atoms with E-state index in [1.165, 1.54) is 55.2 Å². The number of nitrogen functional groups attached to an aromatic ring is 2. The Labute approximate surface area is 298 Å². The molecule has 0 unspecified atom stereocenters. The van der Waals surface area contributed by atoms with Crippen molar-refractivity contribution in [3.63, 3.8) is 0 Å². The minimum atomic E-state index is -3.25. The molecule has 2 atom stereocenters. The van der Waals surface area contributed by atoms with Gasteiger partial charge in [0.15, 0.2) is 0 Å². The smallest absolute Gasteiger partial charge is 0.224 e. The summed E-state index contributed by atoms with van der Waals surface area (Å²) in [5.41, 5.74) is 12.0. The number of rotatable bonds is 11. The average Bonchev–Trinajstić information content (AvgIpc) is 3.81. The van der Waals surface area contributed by atoms with Crippen LogP contribution in [0.15, 0.2) is 48.8 Å². The Hall–Kier alpha value is -5.53. The Morgan fingerprint density at radius 2 is 1.33 bits per heavy atom. The van der Waals surface area contributed by atoms with Gasteiger partial charge < -0.3 is 36.9 Å². The summed E-state index contributed by atoms with van der Waals surface area (Å²) in [6.07, 6.45) is 5.31. The van der Waals surface area contributed by atoms with Crippen molar-refractivity contribution in [3.8, 4) is 11.5 Å². The number of aromatic nitrogens is 4. The van der Waals surface area contributed by atoms with Gasteiger partial charge >= 0.3 is 0 Å². The maximum atomic E-state index is 13.5. The van der Waals surface area contributed by atoms with Gasteiger partial charge in [0.1, 0.15) is 34.8 Å². The number of benzene rings is 2. The van der Waals surface area contributed by atoms with Crippen LogP contribution in [-0.4, -0.2) is 103 Å². The molecule has 2 aliphatic rings. The lowest BCUT2D eigenvalue weighted by Crippen LogP contribution is -2.31. The zero-order valence-corrected chi connectivity index (χ0v) is 29.3. The summed E-state index contributed by atoms with van der Waals surface area (Å²) in [5, 5.41) is 9.40. The first-order valence-electron chi connectivity index (χ1n) is 16.0. The van der Waals surface area contributed by atoms with E-state index in [1.807, 2.05) is 0 Å². The SMILES string of the molecule is COc1ccc(F)cc1C(=O)c1cnc(N[C@H]2CCN(S(C)(=O)=O)C2)nc1N.COc1ccc(F)cc1C(=O)c1cnc(N[C@H]2CCNC2)nc1N. The third-order valence-corrected chi connectivity index (χ3v) is 9.55. The lowest BCUT2D eigenvalue weighted by Gasteiger charge is -2.15. The number of sulfonamides is 1. The monoisotopic (exact) mass is 740 g/mol. The van der Waals surface area contributed by atoms with Crippen molar-refractivity contribution in [1.29, 1.82) is 0 Å². The molecule has 276 valence electrons. The largest absolute Gasteiger partial charge is 0.496 e. The number of hydrogen-bond donors (Lipinski definition) is 5. The zero-order valence-electron chi connectivity index (χ0n) is 28.5. The van der Waals surface area contributed by atoms with Crippen molar-refractivity contribution in [3.05, 3.63) is 82.7 Å². The van der Waals surface area contributed by atoms with Crippen LogP contribution in [0.5, 0.6) is 11.5 Å². The lowest BCUT2D eigenvalue weighted by atomic mass is 10.0. The standard InChI is InChI=1S/C17H20FN5O4S.C16H18FN5O2/c1-27-14-4-3-10(18)7-12(14)15(24)13-8-20-17(22-16(13)19)21-11-5-6-23(9-11)28(2,25)26;1-24-13-3-2-9(17)6-11(13)14(23)12-8-20-16(22-15(12)18)21-10-4-5-19-7-10/h3-4,7-8,11H,5-6,9H2,1-2H3,(H3,19,20,21,22);2-3,6,8,10,19H,4-5,7H2,1H3,(H3,18,20,21,22)/t11-;10-/m00/s1. The van der Waals surface area contributed by atoms with Crippen LogP contribution in [0.2, 0.25) is 0 Å². The third kappa shape index (κ3) is 9.03. The summed E-state index contributed by atoms with van der Waals surface area (Å²) < 4.78 is 61.8. The number of hydrogen-bond acceptors (Lipinski definition) is 15. The Balaban J connectivity index is 0.000000203. The van der Waals surface area contributed by atoms with Crippen molar-refractivity contribution in [1.82, 2.24) is 29.6 Å². The van der Waals surface area contributed by atoms with Crippen molar-refractivity contribution < 1.29 is 36.3 Å². The highest BCUT2D eigenvalue weighted by molar-refractivity contribution is 7.88. The van der Waals surface area contributed by atoms with Crippen LogP contribution in [-0.2, 0) is 10.0 Å². The molecule has 2 aromatic carbocycles. The summed E-state index contributed by atoms with van der Waals surface area (Å²) in [5.74, 6) is -1.20. The molecule has 16 nitrogen and oxygen atoms in total. The first-order chi connectivity index (χ1) is 24.8. The molecule has 19 heteroatoms. The molecule has 2 saturated heterocycles. The number of anilines is 4. The fourth-order valence-electron chi connectivity index (χ4n) is 5.57. The second kappa shape index (κ2) is 16.2. The third-order valence-electron chi connectivity index (χ3n) is 8.28. The van der Waals surface area contributed by atoms with Crippen molar-refractivity contribution in [2.24, 2.45) is 0 Å². The lowest BCUT2D eigenvalue weighted by molar-refractivity contribution is 0.102.